The fourth-order valence-corrected chi connectivity index (χ4v) is 6.09. The Morgan fingerprint density at radius 2 is 1.64 bits per heavy atom. The van der Waals surface area contributed by atoms with Crippen molar-refractivity contribution in [3.8, 4) is 0 Å². The molecule has 1 aliphatic carbocycles. The second-order valence-corrected chi connectivity index (χ2v) is 13.4. The highest BCUT2D eigenvalue weighted by atomic mass is 32.2. The third-order valence-electron chi connectivity index (χ3n) is 7.68. The van der Waals surface area contributed by atoms with Gasteiger partial charge in [0.1, 0.15) is 11.7 Å². The summed E-state index contributed by atoms with van der Waals surface area (Å²) in [5.41, 5.74) is 5.52. The quantitative estimate of drug-likeness (QED) is 0.208. The maximum atomic E-state index is 12.8. The van der Waals surface area contributed by atoms with Gasteiger partial charge >= 0.3 is 0 Å². The molecule has 1 amide bonds. The molecule has 0 radical (unpaired) electrons. The van der Waals surface area contributed by atoms with Crippen molar-refractivity contribution in [3.05, 3.63) is 94.6 Å². The number of hydrogen-bond donors (Lipinski definition) is 3. The summed E-state index contributed by atoms with van der Waals surface area (Å²) in [5, 5.41) is 13.5. The highest BCUT2D eigenvalue weighted by Gasteiger charge is 2.28. The van der Waals surface area contributed by atoms with Gasteiger partial charge in [-0.1, -0.05) is 50.1 Å². The van der Waals surface area contributed by atoms with E-state index >= 15 is 0 Å². The van der Waals surface area contributed by atoms with Crippen LogP contribution in [0.2, 0.25) is 0 Å². The van der Waals surface area contributed by atoms with Crippen molar-refractivity contribution in [1.82, 2.24) is 10.6 Å². The molecule has 0 saturated heterocycles. The summed E-state index contributed by atoms with van der Waals surface area (Å²) >= 11 is 0. The van der Waals surface area contributed by atoms with Gasteiger partial charge in [0.2, 0.25) is 10.0 Å². The van der Waals surface area contributed by atoms with E-state index in [1.807, 2.05) is 6.07 Å². The lowest BCUT2D eigenvalue weighted by molar-refractivity contribution is 0.0953. The van der Waals surface area contributed by atoms with E-state index in [9.17, 15) is 22.0 Å². The molecule has 47 heavy (non-hydrogen) atoms. The Labute approximate surface area is 280 Å². The van der Waals surface area contributed by atoms with Crippen LogP contribution in [0.4, 0.5) is 20.2 Å². The molecule has 4 rings (SSSR count). The number of carbonyl (C=O) groups is 1. The number of nitrogens with zero attached hydrogens (tertiary/aromatic N) is 2. The zero-order chi connectivity index (χ0) is 34.8. The lowest BCUT2D eigenvalue weighted by Gasteiger charge is -2.37. The van der Waals surface area contributed by atoms with Gasteiger partial charge in [0, 0.05) is 44.9 Å². The molecule has 0 spiro atoms. The third kappa shape index (κ3) is 13.6. The number of halogens is 2. The molecule has 0 fully saturated rings. The average Bonchev–Trinajstić information content (AvgIpc) is 3.21. The van der Waals surface area contributed by atoms with Crippen LogP contribution in [0, 0.1) is 0 Å². The van der Waals surface area contributed by atoms with Crippen LogP contribution in [0.5, 0.6) is 0 Å². The first-order chi connectivity index (χ1) is 22.5. The van der Waals surface area contributed by atoms with Gasteiger partial charge in [-0.05, 0) is 87.1 Å². The van der Waals surface area contributed by atoms with E-state index in [0.29, 0.717) is 37.3 Å². The van der Waals surface area contributed by atoms with Gasteiger partial charge in [-0.15, -0.1) is 0 Å². The fourth-order valence-electron chi connectivity index (χ4n) is 5.16. The number of aliphatic hydroxyl groups is 1. The molecule has 11 heteroatoms. The van der Waals surface area contributed by atoms with Gasteiger partial charge in [-0.3, -0.25) is 9.10 Å². The Bertz CT molecular complexity index is 1490. The number of nitrogens with one attached hydrogen (secondary N) is 2. The summed E-state index contributed by atoms with van der Waals surface area (Å²) in [6, 6.07) is 14.0. The van der Waals surface area contributed by atoms with Crippen molar-refractivity contribution in [2.24, 2.45) is 0 Å². The topological polar surface area (TPSA) is 102 Å². The number of fused-ring (bicyclic) bond motifs is 1. The maximum absolute atomic E-state index is 12.8. The zero-order valence-corrected chi connectivity index (χ0v) is 29.3. The molecule has 0 saturated carbocycles. The molecule has 8 nitrogen and oxygen atoms in total. The molecule has 0 aromatic heterocycles. The second-order valence-electron chi connectivity index (χ2n) is 11.5. The third-order valence-corrected chi connectivity index (χ3v) is 8.86. The van der Waals surface area contributed by atoms with Gasteiger partial charge in [0.25, 0.3) is 5.91 Å². The molecule has 0 atom stereocenters. The van der Waals surface area contributed by atoms with Gasteiger partial charge in [0.05, 0.1) is 24.2 Å². The number of unbranched alkanes of at least 4 members (excludes halogenated alkanes) is 2. The van der Waals surface area contributed by atoms with Crippen molar-refractivity contribution < 1.29 is 27.1 Å². The van der Waals surface area contributed by atoms with Crippen molar-refractivity contribution in [2.45, 2.75) is 65.8 Å². The maximum Gasteiger partial charge on any atom is 0.251 e. The van der Waals surface area contributed by atoms with E-state index in [4.69, 9.17) is 5.11 Å². The van der Waals surface area contributed by atoms with Crippen LogP contribution in [0.3, 0.4) is 0 Å². The average molecular weight is 675 g/mol. The number of aryl methyl sites for hydroxylation is 1. The Morgan fingerprint density at radius 1 is 0.915 bits per heavy atom. The molecular weight excluding hydrogens is 622 g/mol. The molecular formula is C36H52F2N4O4S. The molecule has 260 valence electrons. The second kappa shape index (κ2) is 20.6. The summed E-state index contributed by atoms with van der Waals surface area (Å²) in [6.45, 7) is 10.3. The normalized spacial score (nSPS) is 14.3. The van der Waals surface area contributed by atoms with Crippen LogP contribution < -0.4 is 19.8 Å². The number of carbonyl (C=O) groups excluding carboxylic acids is 1. The minimum Gasteiger partial charge on any atom is -0.400 e. The summed E-state index contributed by atoms with van der Waals surface area (Å²) in [7, 11) is -2.36. The first-order valence-electron chi connectivity index (χ1n) is 16.3. The van der Waals surface area contributed by atoms with Crippen LogP contribution in [0.25, 0.3) is 0 Å². The van der Waals surface area contributed by atoms with Crippen LogP contribution in [-0.2, 0) is 23.0 Å². The predicted molar refractivity (Wildman–Crippen MR) is 190 cm³/mol. The highest BCUT2D eigenvalue weighted by Crippen LogP contribution is 2.35. The lowest BCUT2D eigenvalue weighted by Crippen LogP contribution is -2.44. The number of hydrogen-bond acceptors (Lipinski definition) is 6. The Morgan fingerprint density at radius 3 is 2.34 bits per heavy atom. The summed E-state index contributed by atoms with van der Waals surface area (Å²) < 4.78 is 50.8. The van der Waals surface area contributed by atoms with E-state index < -0.39 is 21.7 Å². The standard InChI is InChI=1S/C27H40N4O3S.C8H8F2.CH4O/c1-4-6-16-30-17-18-31(35(3,33)34)25-13-12-24(20-26(25)30)27(32)29-15-8-7-14-28-21-23-11-9-10-22(5-2)19-23;1-6-2-3-7(9)5-8(10)4-6;1-2/h9-13,19-20,28H,4-8,14-18,21H2,1-3H3,(H,29,32);3-5H,2H2,1H3;2H,1H3. The number of sulfonamides is 1. The molecule has 2 aliphatic rings. The van der Waals surface area contributed by atoms with Crippen molar-refractivity contribution >= 4 is 27.3 Å². The number of rotatable bonds is 13. The predicted octanol–water partition coefficient (Wildman–Crippen LogP) is 6.59. The van der Waals surface area contributed by atoms with E-state index in [1.54, 1.807) is 19.1 Å². The molecule has 2 aromatic carbocycles. The number of benzene rings is 2. The SMILES string of the molecule is CC1=CC(F)=CC(F)=CC1.CCCCN1CCN(S(C)(=O)=O)c2ccc(C(=O)NCCCCNCc3cccc(CC)c3)cc21.CO. The molecule has 1 heterocycles. The minimum absolute atomic E-state index is 0.121. The molecule has 0 bridgehead atoms. The van der Waals surface area contributed by atoms with Crippen molar-refractivity contribution in [3.63, 3.8) is 0 Å². The Hall–Kier alpha value is -3.54. The monoisotopic (exact) mass is 674 g/mol. The number of anilines is 2. The fraction of sp³-hybridized carbons (Fsp3) is 0.472. The minimum atomic E-state index is -3.36. The molecule has 0 unspecified atom stereocenters. The van der Waals surface area contributed by atoms with Crippen LogP contribution >= 0.6 is 0 Å². The van der Waals surface area contributed by atoms with E-state index in [0.717, 1.165) is 76.2 Å². The number of amides is 1. The Kier molecular flexibility index (Phi) is 17.4. The lowest BCUT2D eigenvalue weighted by atomic mass is 10.1. The largest absolute Gasteiger partial charge is 0.400 e. The van der Waals surface area contributed by atoms with E-state index in [1.165, 1.54) is 33.8 Å². The Balaban J connectivity index is 0.000000540. The van der Waals surface area contributed by atoms with Crippen LogP contribution in [-0.4, -0.2) is 65.5 Å². The smallest absolute Gasteiger partial charge is 0.251 e. The van der Waals surface area contributed by atoms with Crippen LogP contribution in [0.1, 0.15) is 74.4 Å². The zero-order valence-electron chi connectivity index (χ0n) is 28.5. The number of aliphatic hydroxyl groups excluding tert-OH is 1. The van der Waals surface area contributed by atoms with Crippen molar-refractivity contribution in [2.75, 3.05) is 55.3 Å². The summed E-state index contributed by atoms with van der Waals surface area (Å²) in [6.07, 6.45) is 10.3. The number of allylic oxidation sites excluding steroid dienone is 6. The molecule has 2 aromatic rings. The van der Waals surface area contributed by atoms with Gasteiger partial charge in [-0.2, -0.15) is 0 Å². The first-order valence-corrected chi connectivity index (χ1v) is 18.1. The van der Waals surface area contributed by atoms with E-state index in [-0.39, 0.29) is 5.91 Å². The highest BCUT2D eigenvalue weighted by molar-refractivity contribution is 7.92. The van der Waals surface area contributed by atoms with Crippen molar-refractivity contribution in [1.29, 1.82) is 0 Å². The first kappa shape index (κ1) is 39.6. The molecule has 3 N–H and O–H groups in total. The van der Waals surface area contributed by atoms with Gasteiger partial charge < -0.3 is 20.6 Å². The van der Waals surface area contributed by atoms with Gasteiger partial charge in [-0.25, -0.2) is 17.2 Å². The van der Waals surface area contributed by atoms with Gasteiger partial charge in [0.15, 0.2) is 0 Å². The summed E-state index contributed by atoms with van der Waals surface area (Å²) in [5.74, 6) is -1.13. The summed E-state index contributed by atoms with van der Waals surface area (Å²) in [4.78, 5) is 15.0. The van der Waals surface area contributed by atoms with Crippen LogP contribution in [0.15, 0.2) is 77.9 Å². The molecule has 1 aliphatic heterocycles. The van der Waals surface area contributed by atoms with E-state index in [2.05, 4.69) is 53.6 Å².